The number of benzene rings is 1. The lowest BCUT2D eigenvalue weighted by molar-refractivity contribution is -0.138. The quantitative estimate of drug-likeness (QED) is 0.765. The van der Waals surface area contributed by atoms with Crippen LogP contribution in [0.4, 0.5) is 0 Å². The Bertz CT molecular complexity index is 536. The first-order valence-electron chi connectivity index (χ1n) is 4.83. The molecule has 0 saturated heterocycles. The van der Waals surface area contributed by atoms with Crippen LogP contribution in [-0.4, -0.2) is 22.6 Å². The van der Waals surface area contributed by atoms with E-state index in [0.717, 1.165) is 10.9 Å². The molecule has 1 heterocycles. The van der Waals surface area contributed by atoms with Gasteiger partial charge in [0.25, 0.3) is 0 Å². The number of rotatable bonds is 3. The van der Waals surface area contributed by atoms with Gasteiger partial charge in [-0.3, -0.25) is 4.79 Å². The van der Waals surface area contributed by atoms with Crippen LogP contribution in [-0.2, 0) is 4.79 Å². The van der Waals surface area contributed by atoms with E-state index >= 15 is 0 Å². The summed E-state index contributed by atoms with van der Waals surface area (Å²) in [4.78, 5) is 14.0. The highest BCUT2D eigenvalue weighted by atomic mass is 35.5. The monoisotopic (exact) mass is 238 g/mol. The third-order valence-corrected chi connectivity index (χ3v) is 2.87. The lowest BCUT2D eigenvalue weighted by atomic mass is 10.1. The van der Waals surface area contributed by atoms with E-state index in [9.17, 15) is 4.79 Å². The highest BCUT2D eigenvalue weighted by Gasteiger charge is 2.20. The maximum atomic E-state index is 11.0. The summed E-state index contributed by atoms with van der Waals surface area (Å²) in [7, 11) is 0. The molecule has 0 fully saturated rings. The highest BCUT2D eigenvalue weighted by Crippen LogP contribution is 2.26. The molecule has 0 saturated carbocycles. The van der Waals surface area contributed by atoms with Gasteiger partial charge in [-0.1, -0.05) is 17.7 Å². The number of aliphatic carboxylic acids is 1. The number of fused-ring (bicyclic) bond motifs is 1. The number of hydrogen-bond acceptors (Lipinski definition) is 2. The maximum Gasteiger partial charge on any atom is 0.313 e. The van der Waals surface area contributed by atoms with Gasteiger partial charge in [0.2, 0.25) is 0 Å². The van der Waals surface area contributed by atoms with Crippen LogP contribution < -0.4 is 5.73 Å². The Morgan fingerprint density at radius 2 is 2.31 bits per heavy atom. The van der Waals surface area contributed by atoms with Gasteiger partial charge in [0.1, 0.15) is 5.92 Å². The molecule has 0 aliphatic rings. The fraction of sp³-hybridized carbons (Fsp3) is 0.182. The third-order valence-electron chi connectivity index (χ3n) is 2.54. The van der Waals surface area contributed by atoms with Crippen molar-refractivity contribution in [3.05, 3.63) is 35.0 Å². The van der Waals surface area contributed by atoms with Crippen molar-refractivity contribution in [2.75, 3.05) is 6.54 Å². The number of hydrogen-bond donors (Lipinski definition) is 3. The molecule has 84 valence electrons. The van der Waals surface area contributed by atoms with Gasteiger partial charge in [-0.2, -0.15) is 0 Å². The first kappa shape index (κ1) is 11.0. The van der Waals surface area contributed by atoms with Crippen LogP contribution >= 0.6 is 11.6 Å². The van der Waals surface area contributed by atoms with Gasteiger partial charge in [0, 0.05) is 28.2 Å². The minimum atomic E-state index is -0.940. The average molecular weight is 239 g/mol. The molecule has 16 heavy (non-hydrogen) atoms. The standard InChI is InChI=1S/C11H11ClN2O2/c12-8-2-1-3-9-6(8)4-10(14-9)7(5-13)11(15)16/h1-4,7,14H,5,13H2,(H,15,16). The Morgan fingerprint density at radius 3 is 2.88 bits per heavy atom. The van der Waals surface area contributed by atoms with E-state index in [0.29, 0.717) is 10.7 Å². The number of carboxylic acid groups (broad SMARTS) is 1. The SMILES string of the molecule is NCC(C(=O)O)c1cc2c(Cl)cccc2[nH]1. The van der Waals surface area contributed by atoms with E-state index in [2.05, 4.69) is 4.98 Å². The second kappa shape index (κ2) is 4.15. The molecule has 1 aromatic heterocycles. The molecule has 2 rings (SSSR count). The van der Waals surface area contributed by atoms with Gasteiger partial charge in [-0.15, -0.1) is 0 Å². The molecule has 0 aliphatic carbocycles. The topological polar surface area (TPSA) is 79.1 Å². The van der Waals surface area contributed by atoms with Crippen LogP contribution in [0.15, 0.2) is 24.3 Å². The second-order valence-electron chi connectivity index (χ2n) is 3.55. The summed E-state index contributed by atoms with van der Waals surface area (Å²) in [5.41, 5.74) is 6.83. The van der Waals surface area contributed by atoms with E-state index < -0.39 is 11.9 Å². The normalized spacial score (nSPS) is 12.9. The Hall–Kier alpha value is -1.52. The molecular weight excluding hydrogens is 228 g/mol. The van der Waals surface area contributed by atoms with Crippen molar-refractivity contribution < 1.29 is 9.90 Å². The maximum absolute atomic E-state index is 11.0. The second-order valence-corrected chi connectivity index (χ2v) is 3.96. The van der Waals surface area contributed by atoms with E-state index in [1.807, 2.05) is 12.1 Å². The number of nitrogens with two attached hydrogens (primary N) is 1. The van der Waals surface area contributed by atoms with Crippen LogP contribution in [0.3, 0.4) is 0 Å². The smallest absolute Gasteiger partial charge is 0.313 e. The lowest BCUT2D eigenvalue weighted by Crippen LogP contribution is -2.21. The van der Waals surface area contributed by atoms with Crippen LogP contribution in [0.5, 0.6) is 0 Å². The molecule has 1 atom stereocenters. The summed E-state index contributed by atoms with van der Waals surface area (Å²) < 4.78 is 0. The molecule has 0 bridgehead atoms. The first-order chi connectivity index (χ1) is 7.63. The third kappa shape index (κ3) is 1.77. The molecule has 1 unspecified atom stereocenters. The van der Waals surface area contributed by atoms with Crippen molar-refractivity contribution in [2.24, 2.45) is 5.73 Å². The van der Waals surface area contributed by atoms with Crippen LogP contribution in [0.2, 0.25) is 5.02 Å². The molecule has 1 aromatic carbocycles. The summed E-state index contributed by atoms with van der Waals surface area (Å²) in [6, 6.07) is 7.16. The van der Waals surface area contributed by atoms with Gasteiger partial charge in [-0.25, -0.2) is 0 Å². The van der Waals surface area contributed by atoms with Crippen molar-refractivity contribution in [2.45, 2.75) is 5.92 Å². The van der Waals surface area contributed by atoms with Crippen molar-refractivity contribution in [3.63, 3.8) is 0 Å². The van der Waals surface area contributed by atoms with Crippen LogP contribution in [0.25, 0.3) is 10.9 Å². The number of H-pyrrole nitrogens is 1. The zero-order chi connectivity index (χ0) is 11.7. The molecular formula is C11H11ClN2O2. The Kier molecular flexibility index (Phi) is 2.85. The van der Waals surface area contributed by atoms with E-state index in [1.54, 1.807) is 12.1 Å². The van der Waals surface area contributed by atoms with Crippen molar-refractivity contribution in [1.29, 1.82) is 0 Å². The first-order valence-corrected chi connectivity index (χ1v) is 5.21. The largest absolute Gasteiger partial charge is 0.481 e. The van der Waals surface area contributed by atoms with Gasteiger partial charge >= 0.3 is 5.97 Å². The van der Waals surface area contributed by atoms with Crippen LogP contribution in [0, 0.1) is 0 Å². The summed E-state index contributed by atoms with van der Waals surface area (Å²) in [6.45, 7) is 0.0553. The average Bonchev–Trinajstić information content (AvgIpc) is 2.63. The minimum Gasteiger partial charge on any atom is -0.481 e. The molecule has 0 spiro atoms. The molecule has 0 radical (unpaired) electrons. The molecule has 4 N–H and O–H groups in total. The summed E-state index contributed by atoms with van der Waals surface area (Å²) in [6.07, 6.45) is 0. The number of aromatic amines is 1. The Labute approximate surface area is 97.0 Å². The number of carbonyl (C=O) groups is 1. The van der Waals surface area contributed by atoms with Gasteiger partial charge in [-0.05, 0) is 18.2 Å². The number of aromatic nitrogens is 1. The molecule has 2 aromatic rings. The zero-order valence-electron chi connectivity index (χ0n) is 8.40. The van der Waals surface area contributed by atoms with Crippen molar-refractivity contribution in [3.8, 4) is 0 Å². The molecule has 5 heteroatoms. The number of carboxylic acids is 1. The number of halogens is 1. The van der Waals surface area contributed by atoms with Gasteiger partial charge < -0.3 is 15.8 Å². The minimum absolute atomic E-state index is 0.0553. The van der Waals surface area contributed by atoms with Crippen LogP contribution in [0.1, 0.15) is 11.6 Å². The number of nitrogens with one attached hydrogen (secondary N) is 1. The molecule has 4 nitrogen and oxygen atoms in total. The van der Waals surface area contributed by atoms with E-state index in [4.69, 9.17) is 22.4 Å². The van der Waals surface area contributed by atoms with Gasteiger partial charge in [0.05, 0.1) is 0 Å². The predicted molar refractivity (Wildman–Crippen MR) is 62.7 cm³/mol. The summed E-state index contributed by atoms with van der Waals surface area (Å²) >= 11 is 6.00. The Morgan fingerprint density at radius 1 is 1.56 bits per heavy atom. The Balaban J connectivity index is 2.54. The van der Waals surface area contributed by atoms with E-state index in [-0.39, 0.29) is 6.54 Å². The molecule has 0 aliphatic heterocycles. The fourth-order valence-corrected chi connectivity index (χ4v) is 1.92. The zero-order valence-corrected chi connectivity index (χ0v) is 9.16. The predicted octanol–water partition coefficient (Wildman–Crippen LogP) is 1.95. The van der Waals surface area contributed by atoms with Crippen molar-refractivity contribution >= 4 is 28.5 Å². The summed E-state index contributed by atoms with van der Waals surface area (Å²) in [5.74, 6) is -1.66. The van der Waals surface area contributed by atoms with Gasteiger partial charge in [0.15, 0.2) is 0 Å². The highest BCUT2D eigenvalue weighted by molar-refractivity contribution is 6.35. The van der Waals surface area contributed by atoms with E-state index in [1.165, 1.54) is 0 Å². The summed E-state index contributed by atoms with van der Waals surface area (Å²) in [5, 5.41) is 10.4. The van der Waals surface area contributed by atoms with Crippen molar-refractivity contribution in [1.82, 2.24) is 4.98 Å². The lowest BCUT2D eigenvalue weighted by Gasteiger charge is -2.05. The molecule has 0 amide bonds. The fourth-order valence-electron chi connectivity index (χ4n) is 1.69.